The molecule has 0 spiro atoms. The second-order valence-electron chi connectivity index (χ2n) is 12.0. The van der Waals surface area contributed by atoms with Gasteiger partial charge in [0.2, 0.25) is 0 Å². The zero-order chi connectivity index (χ0) is 26.7. The number of benzene rings is 1. The second-order valence-corrected chi connectivity index (χ2v) is 12.0. The van der Waals surface area contributed by atoms with Crippen LogP contribution in [0.4, 0.5) is 0 Å². The van der Waals surface area contributed by atoms with Gasteiger partial charge in [-0.1, -0.05) is 48.4 Å². The molecule has 7 nitrogen and oxygen atoms in total. The smallest absolute Gasteiger partial charge is 0.189 e. The Kier molecular flexibility index (Phi) is 5.99. The molecule has 8 unspecified atom stereocenters. The van der Waals surface area contributed by atoms with Gasteiger partial charge in [0.15, 0.2) is 5.96 Å². The number of H-pyrrole nitrogens is 1. The predicted molar refractivity (Wildman–Crippen MR) is 149 cm³/mol. The van der Waals surface area contributed by atoms with E-state index in [0.717, 1.165) is 22.2 Å². The molecule has 6 rings (SSSR count). The van der Waals surface area contributed by atoms with Crippen molar-refractivity contribution in [1.82, 2.24) is 10.3 Å². The van der Waals surface area contributed by atoms with E-state index in [1.54, 1.807) is 7.05 Å². The number of aliphatic hydroxyl groups is 3. The highest BCUT2D eigenvalue weighted by atomic mass is 16.3. The minimum absolute atomic E-state index is 0.0335. The fourth-order valence-corrected chi connectivity index (χ4v) is 8.01. The largest absolute Gasteiger partial charge is 0.390 e. The number of aromatic amines is 1. The second kappa shape index (κ2) is 9.01. The number of para-hydroxylation sites is 1. The number of fused-ring (bicyclic) bond motifs is 6. The molecule has 4 bridgehead atoms. The zero-order valence-corrected chi connectivity index (χ0v) is 22.0. The Morgan fingerprint density at radius 3 is 2.84 bits per heavy atom. The molecule has 4 aliphatic carbocycles. The van der Waals surface area contributed by atoms with E-state index >= 15 is 0 Å². The van der Waals surface area contributed by atoms with Gasteiger partial charge in [0.05, 0.1) is 23.3 Å². The van der Waals surface area contributed by atoms with Gasteiger partial charge in [-0.25, -0.2) is 0 Å². The Labute approximate surface area is 223 Å². The van der Waals surface area contributed by atoms with Gasteiger partial charge in [-0.2, -0.15) is 0 Å². The third-order valence-corrected chi connectivity index (χ3v) is 10.0. The Balaban J connectivity index is 1.46. The maximum atomic E-state index is 12.2. The Bertz CT molecular complexity index is 1350. The average Bonchev–Trinajstić information content (AvgIpc) is 3.40. The summed E-state index contributed by atoms with van der Waals surface area (Å²) in [4.78, 5) is 7.56. The molecule has 7 heteroatoms. The van der Waals surface area contributed by atoms with Crippen LogP contribution in [0, 0.1) is 35.0 Å². The van der Waals surface area contributed by atoms with E-state index in [-0.39, 0.29) is 30.1 Å². The summed E-state index contributed by atoms with van der Waals surface area (Å²) in [5.41, 5.74) is 6.33. The topological polar surface area (TPSA) is 127 Å². The Morgan fingerprint density at radius 2 is 2.05 bits per heavy atom. The Hall–Kier alpha value is -3.05. The van der Waals surface area contributed by atoms with E-state index < -0.39 is 28.8 Å². The van der Waals surface area contributed by atoms with Gasteiger partial charge in [0.1, 0.15) is 0 Å². The summed E-state index contributed by atoms with van der Waals surface area (Å²) >= 11 is 0. The molecule has 2 saturated carbocycles. The highest BCUT2D eigenvalue weighted by molar-refractivity contribution is 5.80. The van der Waals surface area contributed by atoms with Crippen molar-refractivity contribution in [3.63, 3.8) is 0 Å². The number of aliphatic imine (C=N–C) groups is 1. The first kappa shape index (κ1) is 25.2. The molecule has 2 fully saturated rings. The lowest BCUT2D eigenvalue weighted by molar-refractivity contribution is -0.106. The lowest BCUT2D eigenvalue weighted by Crippen LogP contribution is -2.52. The van der Waals surface area contributed by atoms with Gasteiger partial charge >= 0.3 is 0 Å². The SMILES string of the molecule is C=C(Cc1cc2ccccc2[nH]1)C12CC#CC(NC(N)=NC)CC3(O)C(O)CC(C3C1)C1(O)CC=CC2C1. The van der Waals surface area contributed by atoms with E-state index in [0.29, 0.717) is 38.5 Å². The maximum Gasteiger partial charge on any atom is 0.189 e. The van der Waals surface area contributed by atoms with Crippen molar-refractivity contribution in [3.05, 3.63) is 60.3 Å². The molecule has 1 aromatic heterocycles. The number of rotatable bonds is 4. The number of nitrogens with one attached hydrogen (secondary N) is 2. The minimum atomic E-state index is -1.42. The van der Waals surface area contributed by atoms with Crippen LogP contribution < -0.4 is 11.1 Å². The predicted octanol–water partition coefficient (Wildman–Crippen LogP) is 2.78. The van der Waals surface area contributed by atoms with Crippen molar-refractivity contribution in [2.45, 2.75) is 68.3 Å². The van der Waals surface area contributed by atoms with Crippen LogP contribution in [-0.4, -0.2) is 56.7 Å². The van der Waals surface area contributed by atoms with E-state index in [4.69, 9.17) is 5.73 Å². The fraction of sp³-hybridized carbons (Fsp3) is 0.516. The van der Waals surface area contributed by atoms with Crippen LogP contribution in [0.3, 0.4) is 0 Å². The van der Waals surface area contributed by atoms with Gasteiger partial charge in [-0.15, -0.1) is 5.92 Å². The zero-order valence-electron chi connectivity index (χ0n) is 22.0. The first-order valence-electron chi connectivity index (χ1n) is 13.7. The number of allylic oxidation sites excluding steroid dienone is 2. The molecule has 200 valence electrons. The summed E-state index contributed by atoms with van der Waals surface area (Å²) in [6, 6.07) is 9.93. The number of hydrogen-bond donors (Lipinski definition) is 6. The molecule has 0 aliphatic heterocycles. The molecule has 7 N–H and O–H groups in total. The maximum absolute atomic E-state index is 12.2. The number of nitrogens with zero attached hydrogens (tertiary/aromatic N) is 1. The number of guanidine groups is 1. The first-order chi connectivity index (χ1) is 18.2. The summed E-state index contributed by atoms with van der Waals surface area (Å²) in [6.45, 7) is 4.66. The number of nitrogens with two attached hydrogens (primary N) is 1. The quantitative estimate of drug-likeness (QED) is 0.162. The lowest BCUT2D eigenvalue weighted by atomic mass is 9.60. The van der Waals surface area contributed by atoms with Gasteiger partial charge in [-0.05, 0) is 61.0 Å². The number of aromatic nitrogens is 1. The normalized spacial score (nSPS) is 39.9. The highest BCUT2D eigenvalue weighted by Crippen LogP contribution is 2.63. The van der Waals surface area contributed by atoms with Crippen molar-refractivity contribution in [3.8, 4) is 11.8 Å². The number of hydrogen-bond acceptors (Lipinski definition) is 4. The van der Waals surface area contributed by atoms with Crippen LogP contribution in [0.5, 0.6) is 0 Å². The highest BCUT2D eigenvalue weighted by Gasteiger charge is 2.65. The summed E-state index contributed by atoms with van der Waals surface area (Å²) in [5.74, 6) is 6.46. The summed E-state index contributed by atoms with van der Waals surface area (Å²) in [6.07, 6.45) is 6.85. The number of aliphatic hydroxyl groups excluding tert-OH is 1. The molecule has 38 heavy (non-hydrogen) atoms. The van der Waals surface area contributed by atoms with Gasteiger partial charge in [0.25, 0.3) is 0 Å². The van der Waals surface area contributed by atoms with Crippen LogP contribution in [0.2, 0.25) is 0 Å². The molecule has 1 aromatic carbocycles. The molecule has 2 aromatic rings. The van der Waals surface area contributed by atoms with E-state index in [2.05, 4.69) is 64.1 Å². The molecule has 0 saturated heterocycles. The molecule has 0 radical (unpaired) electrons. The molecule has 0 amide bonds. The molecule has 4 aliphatic rings. The van der Waals surface area contributed by atoms with Gasteiger partial charge < -0.3 is 31.4 Å². The van der Waals surface area contributed by atoms with Gasteiger partial charge in [0, 0.05) is 42.9 Å². The summed E-state index contributed by atoms with van der Waals surface area (Å²) in [5, 5.41) is 39.9. The standard InChI is InChI=1S/C31H38N4O3/c1-19(13-23-14-20-7-3-4-10-26(20)34-23)29-11-6-9-22(35-28(32)33-2)17-31(38)25(18-29)24(15-27(31)36)30(37)12-5-8-21(29)16-30/h3-5,7-8,10,14,21-22,24-25,27,34,36-38H,1,11-13,15-18H2,2H3,(H3,32,33,35). The van der Waals surface area contributed by atoms with E-state index in [9.17, 15) is 15.3 Å². The van der Waals surface area contributed by atoms with Crippen molar-refractivity contribution >= 4 is 16.9 Å². The lowest BCUT2D eigenvalue weighted by Gasteiger charge is -2.44. The van der Waals surface area contributed by atoms with Crippen LogP contribution in [-0.2, 0) is 6.42 Å². The van der Waals surface area contributed by atoms with Gasteiger partial charge in [-0.3, -0.25) is 4.99 Å². The van der Waals surface area contributed by atoms with Crippen molar-refractivity contribution in [2.75, 3.05) is 7.05 Å². The molecular weight excluding hydrogens is 476 g/mol. The molecule has 8 atom stereocenters. The van der Waals surface area contributed by atoms with Crippen molar-refractivity contribution in [1.29, 1.82) is 0 Å². The average molecular weight is 515 g/mol. The van der Waals surface area contributed by atoms with Crippen LogP contribution in [0.15, 0.2) is 59.6 Å². The first-order valence-corrected chi connectivity index (χ1v) is 13.7. The van der Waals surface area contributed by atoms with Crippen LogP contribution in [0.1, 0.15) is 44.2 Å². The van der Waals surface area contributed by atoms with Crippen molar-refractivity contribution in [2.24, 2.45) is 33.9 Å². The van der Waals surface area contributed by atoms with E-state index in [1.165, 1.54) is 0 Å². The van der Waals surface area contributed by atoms with Crippen LogP contribution in [0.25, 0.3) is 10.9 Å². The fourth-order valence-electron chi connectivity index (χ4n) is 8.01. The summed E-state index contributed by atoms with van der Waals surface area (Å²) < 4.78 is 0. The summed E-state index contributed by atoms with van der Waals surface area (Å²) in [7, 11) is 1.60. The monoisotopic (exact) mass is 514 g/mol. The third kappa shape index (κ3) is 3.89. The minimum Gasteiger partial charge on any atom is -0.390 e. The Morgan fingerprint density at radius 1 is 1.24 bits per heavy atom. The molecular formula is C31H38N4O3. The van der Waals surface area contributed by atoms with Crippen LogP contribution >= 0.6 is 0 Å². The van der Waals surface area contributed by atoms with Crippen molar-refractivity contribution < 1.29 is 15.3 Å². The molecule has 1 heterocycles. The van der Waals surface area contributed by atoms with E-state index in [1.807, 2.05) is 12.1 Å². The third-order valence-electron chi connectivity index (χ3n) is 10.0.